The second-order valence-corrected chi connectivity index (χ2v) is 3.32. The van der Waals surface area contributed by atoms with Crippen molar-refractivity contribution in [3.63, 3.8) is 0 Å². The van der Waals surface area contributed by atoms with Gasteiger partial charge in [-0.15, -0.1) is 0 Å². The van der Waals surface area contributed by atoms with E-state index in [1.807, 2.05) is 4.70 Å². The highest BCUT2D eigenvalue weighted by molar-refractivity contribution is 5.55. The van der Waals surface area contributed by atoms with Crippen molar-refractivity contribution in [1.29, 1.82) is 0 Å². The first-order chi connectivity index (χ1) is 5.77. The van der Waals surface area contributed by atoms with Crippen LogP contribution < -0.4 is 0 Å². The number of nitrogens with zero attached hydrogens (tertiary/aromatic N) is 3. The minimum absolute atomic E-state index is 0.118. The molecule has 1 unspecified atom stereocenters. The first kappa shape index (κ1) is 7.40. The minimum Gasteiger partial charge on any atom is -0.193 e. The van der Waals surface area contributed by atoms with Crippen LogP contribution in [0.25, 0.3) is 0 Å². The van der Waals surface area contributed by atoms with E-state index < -0.39 is 0 Å². The third-order valence-electron chi connectivity index (χ3n) is 2.08. The quantitative estimate of drug-likeness (QED) is 0.527. The number of aliphatic imine (C=N–C) groups is 1. The Morgan fingerprint density at radius 1 is 1.50 bits per heavy atom. The molecule has 0 bridgehead atoms. The van der Waals surface area contributed by atoms with Crippen LogP contribution in [0.3, 0.4) is 0 Å². The summed E-state index contributed by atoms with van der Waals surface area (Å²) in [5.74, 6) is 0.554. The van der Waals surface area contributed by atoms with Crippen molar-refractivity contribution in [3.05, 3.63) is 23.9 Å². The van der Waals surface area contributed by atoms with Crippen LogP contribution in [-0.4, -0.2) is 17.2 Å². The van der Waals surface area contributed by atoms with Gasteiger partial charge >= 0.3 is 0 Å². The van der Waals surface area contributed by atoms with Crippen molar-refractivity contribution in [3.8, 4) is 0 Å². The summed E-state index contributed by atoms with van der Waals surface area (Å²) in [4.78, 5) is 4.15. The van der Waals surface area contributed by atoms with Gasteiger partial charge < -0.3 is 0 Å². The second-order valence-electron chi connectivity index (χ2n) is 3.32. The summed E-state index contributed by atoms with van der Waals surface area (Å²) in [5, 5.41) is 4.10. The normalized spacial score (nSPS) is 25.8. The molecule has 1 atom stereocenters. The van der Waals surface area contributed by atoms with E-state index in [-0.39, 0.29) is 6.17 Å². The van der Waals surface area contributed by atoms with Crippen LogP contribution in [0.2, 0.25) is 0 Å². The summed E-state index contributed by atoms with van der Waals surface area (Å²) in [6, 6.07) is 0. The van der Waals surface area contributed by atoms with E-state index in [1.54, 1.807) is 6.34 Å². The zero-order chi connectivity index (χ0) is 8.55. The molecule has 0 aromatic rings. The Kier molecular flexibility index (Phi) is 1.64. The van der Waals surface area contributed by atoms with Crippen LogP contribution in [0, 0.1) is 5.92 Å². The zero-order valence-corrected chi connectivity index (χ0v) is 7.31. The topological polar surface area (TPSA) is 27.7 Å². The van der Waals surface area contributed by atoms with Crippen LogP contribution >= 0.6 is 0 Å². The highest BCUT2D eigenvalue weighted by Crippen LogP contribution is 2.19. The van der Waals surface area contributed by atoms with E-state index in [0.29, 0.717) is 5.92 Å². The highest BCUT2D eigenvalue weighted by Gasteiger charge is 2.25. The molecule has 0 aliphatic carbocycles. The van der Waals surface area contributed by atoms with Gasteiger partial charge in [-0.25, -0.2) is 0 Å². The zero-order valence-electron chi connectivity index (χ0n) is 7.31. The van der Waals surface area contributed by atoms with E-state index in [9.17, 15) is 0 Å². The van der Waals surface area contributed by atoms with Crippen molar-refractivity contribution in [2.24, 2.45) is 16.0 Å². The molecule has 0 fully saturated rings. The molecule has 0 N–H and O–H groups in total. The fourth-order valence-electron chi connectivity index (χ4n) is 1.28. The standard InChI is InChI=1S/C9H12N3/c1-7(2)8-3-4-9-10-6-11-12(9)5-8/h3-7,9H,1-2H3/q+1. The lowest BCUT2D eigenvalue weighted by molar-refractivity contribution is -0.542. The SMILES string of the molecule is CC(C)C1=C[N+]2=NC=NC2C=C1. The van der Waals surface area contributed by atoms with Crippen LogP contribution in [0.1, 0.15) is 13.8 Å². The third kappa shape index (κ3) is 1.11. The predicted octanol–water partition coefficient (Wildman–Crippen LogP) is 1.93. The number of hydrogen-bond acceptors (Lipinski definition) is 2. The Balaban J connectivity index is 2.28. The van der Waals surface area contributed by atoms with Gasteiger partial charge in [-0.05, 0) is 12.0 Å². The van der Waals surface area contributed by atoms with E-state index in [4.69, 9.17) is 0 Å². The van der Waals surface area contributed by atoms with Crippen LogP contribution in [0.4, 0.5) is 0 Å². The largest absolute Gasteiger partial charge is 0.297 e. The first-order valence-electron chi connectivity index (χ1n) is 4.18. The van der Waals surface area contributed by atoms with Crippen molar-refractivity contribution in [2.45, 2.75) is 20.0 Å². The van der Waals surface area contributed by atoms with E-state index in [2.05, 4.69) is 42.3 Å². The molecule has 0 aromatic carbocycles. The van der Waals surface area contributed by atoms with Crippen molar-refractivity contribution in [2.75, 3.05) is 0 Å². The van der Waals surface area contributed by atoms with Crippen molar-refractivity contribution < 1.29 is 4.70 Å². The van der Waals surface area contributed by atoms with Gasteiger partial charge in [0.15, 0.2) is 6.34 Å². The average molecular weight is 162 g/mol. The number of allylic oxidation sites excluding steroid dienone is 2. The monoisotopic (exact) mass is 162 g/mol. The molecule has 2 aliphatic heterocycles. The Labute approximate surface area is 71.8 Å². The van der Waals surface area contributed by atoms with Crippen LogP contribution in [-0.2, 0) is 0 Å². The van der Waals surface area contributed by atoms with Gasteiger partial charge in [-0.1, -0.05) is 18.5 Å². The molecule has 0 saturated carbocycles. The highest BCUT2D eigenvalue weighted by atomic mass is 15.4. The Morgan fingerprint density at radius 2 is 2.33 bits per heavy atom. The second kappa shape index (κ2) is 2.66. The molecular weight excluding hydrogens is 150 g/mol. The van der Waals surface area contributed by atoms with Crippen LogP contribution in [0.5, 0.6) is 0 Å². The van der Waals surface area contributed by atoms with E-state index in [1.165, 1.54) is 5.57 Å². The predicted molar refractivity (Wildman–Crippen MR) is 47.0 cm³/mol. The number of rotatable bonds is 1. The average Bonchev–Trinajstić information content (AvgIpc) is 2.49. The van der Waals surface area contributed by atoms with Gasteiger partial charge in [0.1, 0.15) is 0 Å². The maximum Gasteiger partial charge on any atom is 0.297 e. The lowest BCUT2D eigenvalue weighted by Crippen LogP contribution is -2.16. The molecule has 2 heterocycles. The number of hydrogen-bond donors (Lipinski definition) is 0. The summed E-state index contributed by atoms with van der Waals surface area (Å²) in [7, 11) is 0. The summed E-state index contributed by atoms with van der Waals surface area (Å²) in [6.45, 7) is 4.35. The third-order valence-corrected chi connectivity index (χ3v) is 2.08. The summed E-state index contributed by atoms with van der Waals surface area (Å²) in [6.07, 6.45) is 7.98. The Hall–Kier alpha value is -1.25. The van der Waals surface area contributed by atoms with E-state index in [0.717, 1.165) is 0 Å². The maximum absolute atomic E-state index is 4.15. The molecule has 62 valence electrons. The summed E-state index contributed by atoms with van der Waals surface area (Å²) < 4.78 is 1.88. The Morgan fingerprint density at radius 3 is 3.08 bits per heavy atom. The number of fused-ring (bicyclic) bond motifs is 1. The lowest BCUT2D eigenvalue weighted by Gasteiger charge is -2.08. The molecule has 3 nitrogen and oxygen atoms in total. The summed E-state index contributed by atoms with van der Waals surface area (Å²) >= 11 is 0. The van der Waals surface area contributed by atoms with Crippen molar-refractivity contribution in [1.82, 2.24) is 0 Å². The molecule has 0 amide bonds. The van der Waals surface area contributed by atoms with Crippen molar-refractivity contribution >= 4 is 6.34 Å². The van der Waals surface area contributed by atoms with Gasteiger partial charge in [0, 0.05) is 16.8 Å². The van der Waals surface area contributed by atoms with E-state index >= 15 is 0 Å². The fraction of sp³-hybridized carbons (Fsp3) is 0.444. The lowest BCUT2D eigenvalue weighted by atomic mass is 10.0. The van der Waals surface area contributed by atoms with Crippen LogP contribution in [0.15, 0.2) is 34.0 Å². The van der Waals surface area contributed by atoms with Gasteiger partial charge in [-0.2, -0.15) is 4.99 Å². The maximum atomic E-state index is 4.15. The smallest absolute Gasteiger partial charge is 0.193 e. The molecule has 12 heavy (non-hydrogen) atoms. The fourth-order valence-corrected chi connectivity index (χ4v) is 1.28. The molecule has 0 aromatic heterocycles. The summed E-state index contributed by atoms with van der Waals surface area (Å²) in [5.41, 5.74) is 1.31. The molecule has 2 aliphatic rings. The van der Waals surface area contributed by atoms with Gasteiger partial charge in [-0.3, -0.25) is 0 Å². The van der Waals surface area contributed by atoms with Gasteiger partial charge in [0.25, 0.3) is 6.17 Å². The first-order valence-corrected chi connectivity index (χ1v) is 4.18. The molecular formula is C9H12N3+. The molecule has 3 heteroatoms. The number of azo groups is 2. The minimum atomic E-state index is 0.118. The molecule has 2 rings (SSSR count). The Bertz CT molecular complexity index is 308. The van der Waals surface area contributed by atoms with Gasteiger partial charge in [0.05, 0.1) is 0 Å². The molecule has 0 saturated heterocycles. The van der Waals surface area contributed by atoms with Gasteiger partial charge in [0.2, 0.25) is 6.20 Å². The molecule has 0 radical (unpaired) electrons. The molecule has 0 spiro atoms.